The molecule has 0 aliphatic carbocycles. The van der Waals surface area contributed by atoms with Crippen molar-refractivity contribution >= 4 is 17.8 Å². The first-order valence-electron chi connectivity index (χ1n) is 14.3. The molecule has 2 amide bonds. The Hall–Kier alpha value is -3.63. The molecule has 3 aromatic carbocycles. The van der Waals surface area contributed by atoms with Crippen LogP contribution < -0.4 is 10.6 Å². The highest BCUT2D eigenvalue weighted by Gasteiger charge is 2.38. The summed E-state index contributed by atoms with van der Waals surface area (Å²) in [7, 11) is 1.99. The number of aliphatic hydroxyl groups excluding tert-OH is 1. The first kappa shape index (κ1) is 29.8. The maximum absolute atomic E-state index is 11.9. The number of amides is 2. The van der Waals surface area contributed by atoms with Crippen molar-refractivity contribution in [2.24, 2.45) is 13.0 Å². The Bertz CT molecular complexity index is 1470. The summed E-state index contributed by atoms with van der Waals surface area (Å²) in [5, 5.41) is 16.1. The number of carbonyl (C=O) groups excluding carboxylic acids is 1. The number of thioether (sulfide) groups is 1. The molecule has 9 heteroatoms. The fourth-order valence-corrected chi connectivity index (χ4v) is 6.18. The molecule has 2 heterocycles. The monoisotopic (exact) mass is 586 g/mol. The van der Waals surface area contributed by atoms with Gasteiger partial charge in [-0.15, -0.1) is 0 Å². The number of ether oxygens (including phenoxy) is 2. The van der Waals surface area contributed by atoms with E-state index in [1.54, 1.807) is 18.0 Å². The highest BCUT2D eigenvalue weighted by Crippen LogP contribution is 2.43. The smallest absolute Gasteiger partial charge is 0.315 e. The van der Waals surface area contributed by atoms with E-state index in [4.69, 9.17) is 9.47 Å². The third-order valence-corrected chi connectivity index (χ3v) is 8.63. The summed E-state index contributed by atoms with van der Waals surface area (Å²) in [5.74, 6) is 0.823. The van der Waals surface area contributed by atoms with Crippen LogP contribution in [0.1, 0.15) is 48.5 Å². The molecular formula is C33H38N4O4S. The van der Waals surface area contributed by atoms with Gasteiger partial charge in [-0.1, -0.05) is 79.3 Å². The minimum Gasteiger partial charge on any atom is -0.392 e. The van der Waals surface area contributed by atoms with Crippen molar-refractivity contribution in [3.63, 3.8) is 0 Å². The molecule has 220 valence electrons. The van der Waals surface area contributed by atoms with Gasteiger partial charge in [0.2, 0.25) is 0 Å². The van der Waals surface area contributed by atoms with Crippen molar-refractivity contribution in [3.8, 4) is 11.1 Å². The minimum atomic E-state index is -0.557. The number of hydrogen-bond acceptors (Lipinski definition) is 6. The number of carbonyl (C=O) groups is 1. The summed E-state index contributed by atoms with van der Waals surface area (Å²) in [5.41, 5.74) is 5.97. The average molecular weight is 587 g/mol. The molecule has 1 aliphatic rings. The summed E-state index contributed by atoms with van der Waals surface area (Å²) >= 11 is 1.68. The zero-order valence-corrected chi connectivity index (χ0v) is 25.0. The van der Waals surface area contributed by atoms with Crippen molar-refractivity contribution in [3.05, 3.63) is 107 Å². The molecular weight excluding hydrogens is 548 g/mol. The predicted molar refractivity (Wildman–Crippen MR) is 165 cm³/mol. The van der Waals surface area contributed by atoms with E-state index < -0.39 is 6.29 Å². The van der Waals surface area contributed by atoms with E-state index in [-0.39, 0.29) is 30.8 Å². The molecule has 1 fully saturated rings. The van der Waals surface area contributed by atoms with Crippen molar-refractivity contribution < 1.29 is 19.4 Å². The SMILES string of the molecule is CCNC(=O)NCc1cccc(-c2cccc(C3OC(CSc4nccn4C)C(C)C(c4ccc(CO)cc4)O3)c2)c1. The lowest BCUT2D eigenvalue weighted by molar-refractivity contribution is -0.268. The Morgan fingerprint density at radius 3 is 2.45 bits per heavy atom. The topological polar surface area (TPSA) is 97.6 Å². The fraction of sp³-hybridized carbons (Fsp3) is 0.333. The third kappa shape index (κ3) is 7.22. The van der Waals surface area contributed by atoms with Crippen molar-refractivity contribution in [1.82, 2.24) is 20.2 Å². The second-order valence-corrected chi connectivity index (χ2v) is 11.5. The summed E-state index contributed by atoms with van der Waals surface area (Å²) in [6.45, 7) is 5.09. The Kier molecular flexibility index (Phi) is 9.97. The van der Waals surface area contributed by atoms with Crippen LogP contribution in [0.4, 0.5) is 4.79 Å². The van der Waals surface area contributed by atoms with Crippen LogP contribution in [0.3, 0.4) is 0 Å². The quantitative estimate of drug-likeness (QED) is 0.198. The molecule has 0 saturated carbocycles. The van der Waals surface area contributed by atoms with Gasteiger partial charge in [-0.25, -0.2) is 9.78 Å². The van der Waals surface area contributed by atoms with Crippen molar-refractivity contribution in [2.75, 3.05) is 12.3 Å². The Morgan fingerprint density at radius 2 is 1.74 bits per heavy atom. The van der Waals surface area contributed by atoms with Gasteiger partial charge in [0.1, 0.15) is 0 Å². The van der Waals surface area contributed by atoms with E-state index in [9.17, 15) is 9.90 Å². The van der Waals surface area contributed by atoms with Crippen molar-refractivity contribution in [1.29, 1.82) is 0 Å². The molecule has 4 unspecified atom stereocenters. The van der Waals surface area contributed by atoms with Gasteiger partial charge in [0.05, 0.1) is 18.8 Å². The molecule has 42 heavy (non-hydrogen) atoms. The molecule has 3 N–H and O–H groups in total. The Morgan fingerprint density at radius 1 is 0.976 bits per heavy atom. The number of nitrogens with zero attached hydrogens (tertiary/aromatic N) is 2. The fourth-order valence-electron chi connectivity index (χ4n) is 5.09. The lowest BCUT2D eigenvalue weighted by Gasteiger charge is -2.41. The molecule has 1 aromatic heterocycles. The van der Waals surface area contributed by atoms with Crippen molar-refractivity contribution in [2.45, 2.75) is 50.7 Å². The van der Waals surface area contributed by atoms with E-state index in [2.05, 4.69) is 46.8 Å². The maximum Gasteiger partial charge on any atom is 0.315 e. The van der Waals surface area contributed by atoms with Crippen LogP contribution in [0, 0.1) is 5.92 Å². The Balaban J connectivity index is 1.39. The number of aliphatic hydroxyl groups is 1. The number of hydrogen-bond donors (Lipinski definition) is 3. The van der Waals surface area contributed by atoms with Gasteiger partial charge in [0.15, 0.2) is 11.4 Å². The molecule has 5 rings (SSSR count). The van der Waals surface area contributed by atoms with Crippen LogP contribution in [0.25, 0.3) is 11.1 Å². The van der Waals surface area contributed by atoms with Gasteiger partial charge >= 0.3 is 6.03 Å². The van der Waals surface area contributed by atoms with Gasteiger partial charge < -0.3 is 29.8 Å². The predicted octanol–water partition coefficient (Wildman–Crippen LogP) is 5.98. The Labute approximate surface area is 251 Å². The lowest BCUT2D eigenvalue weighted by atomic mass is 9.91. The van der Waals surface area contributed by atoms with Crippen LogP contribution in [-0.2, 0) is 29.7 Å². The first-order valence-corrected chi connectivity index (χ1v) is 15.3. The number of aromatic nitrogens is 2. The highest BCUT2D eigenvalue weighted by atomic mass is 32.2. The van der Waals surface area contributed by atoms with Gasteiger partial charge in [0, 0.05) is 49.8 Å². The highest BCUT2D eigenvalue weighted by molar-refractivity contribution is 7.99. The van der Waals surface area contributed by atoms with Gasteiger partial charge in [-0.05, 0) is 46.9 Å². The number of benzene rings is 3. The van der Waals surface area contributed by atoms with E-state index in [0.717, 1.165) is 44.3 Å². The van der Waals surface area contributed by atoms with Crippen LogP contribution in [0.15, 0.2) is 90.3 Å². The van der Waals surface area contributed by atoms with Crippen LogP contribution >= 0.6 is 11.8 Å². The molecule has 0 spiro atoms. The third-order valence-electron chi connectivity index (χ3n) is 7.49. The van der Waals surface area contributed by atoms with Gasteiger partial charge in [-0.3, -0.25) is 0 Å². The van der Waals surface area contributed by atoms with Gasteiger partial charge in [0.25, 0.3) is 0 Å². The standard InChI is InChI=1S/C33H38N4O4S/c1-4-34-32(39)36-19-24-7-5-8-26(17-24)27-9-6-10-28(18-27)31-40-29(21-42-33-35-15-16-37(33)3)22(2)30(41-31)25-13-11-23(20-38)12-14-25/h5-18,22,29-31,38H,4,19-21H2,1-3H3,(H2,34,36,39). The molecule has 4 aromatic rings. The molecule has 0 radical (unpaired) electrons. The van der Waals surface area contributed by atoms with E-state index in [1.807, 2.05) is 73.3 Å². The van der Waals surface area contributed by atoms with Crippen LogP contribution in [0.5, 0.6) is 0 Å². The number of rotatable bonds is 10. The normalized spacial score (nSPS) is 20.3. The molecule has 1 aliphatic heterocycles. The largest absolute Gasteiger partial charge is 0.392 e. The zero-order valence-electron chi connectivity index (χ0n) is 24.2. The summed E-state index contributed by atoms with van der Waals surface area (Å²) in [6.07, 6.45) is 2.93. The van der Waals surface area contributed by atoms with E-state index in [0.29, 0.717) is 13.1 Å². The number of urea groups is 1. The van der Waals surface area contributed by atoms with Crippen LogP contribution in [0.2, 0.25) is 0 Å². The average Bonchev–Trinajstić information content (AvgIpc) is 3.44. The van der Waals surface area contributed by atoms with E-state index in [1.165, 1.54) is 0 Å². The number of aryl methyl sites for hydroxylation is 1. The maximum atomic E-state index is 11.9. The zero-order chi connectivity index (χ0) is 29.5. The van der Waals surface area contributed by atoms with E-state index >= 15 is 0 Å². The second kappa shape index (κ2) is 14.0. The number of imidazole rings is 1. The molecule has 4 atom stereocenters. The van der Waals surface area contributed by atoms with Gasteiger partial charge in [-0.2, -0.15) is 0 Å². The summed E-state index contributed by atoms with van der Waals surface area (Å²) in [6, 6.07) is 24.2. The number of nitrogens with one attached hydrogen (secondary N) is 2. The summed E-state index contributed by atoms with van der Waals surface area (Å²) in [4.78, 5) is 16.3. The minimum absolute atomic E-state index is 0.00597. The van der Waals surface area contributed by atoms with Crippen LogP contribution in [-0.4, -0.2) is 39.1 Å². The molecule has 1 saturated heterocycles. The first-order chi connectivity index (χ1) is 20.4. The lowest BCUT2D eigenvalue weighted by Crippen LogP contribution is -2.38. The molecule has 8 nitrogen and oxygen atoms in total. The second-order valence-electron chi connectivity index (χ2n) is 10.5. The molecule has 0 bridgehead atoms. The summed E-state index contributed by atoms with van der Waals surface area (Å²) < 4.78 is 15.3.